The van der Waals surface area contributed by atoms with Crippen LogP contribution in [-0.2, 0) is 4.74 Å². The molecule has 6 nitrogen and oxygen atoms in total. The van der Waals surface area contributed by atoms with Crippen molar-refractivity contribution in [1.29, 1.82) is 0 Å². The van der Waals surface area contributed by atoms with Crippen molar-refractivity contribution in [3.8, 4) is 11.5 Å². The molecule has 4 aliphatic rings. The highest BCUT2D eigenvalue weighted by atomic mass is 16.5. The Morgan fingerprint density at radius 2 is 1.88 bits per heavy atom. The SMILES string of the molecule is NC(=NC1C2CCOC2C12CCCC2)Nc1ccc2c(c1)OCCCO2. The smallest absolute Gasteiger partial charge is 0.193 e. The van der Waals surface area contributed by atoms with Gasteiger partial charge in [-0.05, 0) is 31.4 Å². The lowest BCUT2D eigenvalue weighted by Crippen LogP contribution is -2.61. The minimum Gasteiger partial charge on any atom is -0.490 e. The normalized spacial score (nSPS) is 32.0. The number of aliphatic imine (C=N–C) groups is 1. The van der Waals surface area contributed by atoms with Gasteiger partial charge in [-0.25, -0.2) is 4.99 Å². The summed E-state index contributed by atoms with van der Waals surface area (Å²) in [6.45, 7) is 2.24. The van der Waals surface area contributed by atoms with E-state index in [9.17, 15) is 0 Å². The molecule has 0 amide bonds. The van der Waals surface area contributed by atoms with Crippen LogP contribution in [0.3, 0.4) is 0 Å². The molecule has 0 bridgehead atoms. The summed E-state index contributed by atoms with van der Waals surface area (Å²) in [5.74, 6) is 2.58. The highest BCUT2D eigenvalue weighted by Gasteiger charge is 2.65. The van der Waals surface area contributed by atoms with Gasteiger partial charge in [-0.1, -0.05) is 12.8 Å². The summed E-state index contributed by atoms with van der Waals surface area (Å²) >= 11 is 0. The predicted molar refractivity (Wildman–Crippen MR) is 99.8 cm³/mol. The van der Waals surface area contributed by atoms with E-state index in [4.69, 9.17) is 24.9 Å². The number of benzene rings is 1. The van der Waals surface area contributed by atoms with Crippen LogP contribution in [0, 0.1) is 11.3 Å². The largest absolute Gasteiger partial charge is 0.490 e. The Balaban J connectivity index is 1.34. The number of nitrogens with one attached hydrogen (secondary N) is 1. The second-order valence-electron chi connectivity index (χ2n) is 7.98. The highest BCUT2D eigenvalue weighted by Crippen LogP contribution is 2.62. The van der Waals surface area contributed by atoms with Crippen LogP contribution in [0.5, 0.6) is 11.5 Å². The van der Waals surface area contributed by atoms with E-state index in [-0.39, 0.29) is 5.41 Å². The molecule has 1 spiro atoms. The standard InChI is InChI=1S/C20H27N3O3/c21-19(22-13-4-5-15-16(12-13)25-10-3-9-24-15)23-17-14-6-11-26-18(14)20(17)7-1-2-8-20/h4-5,12,14,17-18H,1-3,6-11H2,(H3,21,22,23). The van der Waals surface area contributed by atoms with Gasteiger partial charge < -0.3 is 25.3 Å². The molecule has 1 aromatic rings. The second-order valence-corrected chi connectivity index (χ2v) is 7.98. The molecule has 3 N–H and O–H groups in total. The number of ether oxygens (including phenoxy) is 3. The van der Waals surface area contributed by atoms with Crippen LogP contribution in [0.2, 0.25) is 0 Å². The van der Waals surface area contributed by atoms with Gasteiger partial charge in [0.05, 0.1) is 25.4 Å². The summed E-state index contributed by atoms with van der Waals surface area (Å²) in [6, 6.07) is 6.13. The zero-order valence-electron chi connectivity index (χ0n) is 15.1. The topological polar surface area (TPSA) is 78.1 Å². The summed E-state index contributed by atoms with van der Waals surface area (Å²) in [7, 11) is 0. The number of nitrogens with zero attached hydrogens (tertiary/aromatic N) is 1. The quantitative estimate of drug-likeness (QED) is 0.628. The molecule has 1 saturated heterocycles. The lowest BCUT2D eigenvalue weighted by Gasteiger charge is -2.54. The molecule has 2 aliphatic carbocycles. The molecule has 3 atom stereocenters. The summed E-state index contributed by atoms with van der Waals surface area (Å²) in [5, 5.41) is 3.25. The van der Waals surface area contributed by atoms with E-state index in [1.807, 2.05) is 18.2 Å². The Kier molecular flexibility index (Phi) is 3.96. The van der Waals surface area contributed by atoms with Crippen LogP contribution in [-0.4, -0.2) is 37.9 Å². The molecule has 1 aromatic carbocycles. The average molecular weight is 357 g/mol. The van der Waals surface area contributed by atoms with Crippen LogP contribution in [0.4, 0.5) is 5.69 Å². The van der Waals surface area contributed by atoms with E-state index in [1.54, 1.807) is 0 Å². The molecule has 6 heteroatoms. The third-order valence-corrected chi connectivity index (χ3v) is 6.53. The van der Waals surface area contributed by atoms with Gasteiger partial charge in [0.2, 0.25) is 0 Å². The third kappa shape index (κ3) is 2.54. The predicted octanol–water partition coefficient (Wildman–Crippen LogP) is 2.92. The van der Waals surface area contributed by atoms with Gasteiger partial charge in [-0.15, -0.1) is 0 Å². The van der Waals surface area contributed by atoms with Crippen molar-refractivity contribution in [2.75, 3.05) is 25.1 Å². The van der Waals surface area contributed by atoms with Crippen LogP contribution < -0.4 is 20.5 Å². The minimum absolute atomic E-state index is 0.234. The van der Waals surface area contributed by atoms with E-state index >= 15 is 0 Å². The summed E-state index contributed by atoms with van der Waals surface area (Å²) in [4.78, 5) is 4.92. The first-order valence-electron chi connectivity index (χ1n) is 9.88. The number of rotatable bonds is 2. The lowest BCUT2D eigenvalue weighted by molar-refractivity contribution is -0.117. The fourth-order valence-electron chi connectivity index (χ4n) is 5.41. The molecular formula is C20H27N3O3. The van der Waals surface area contributed by atoms with E-state index in [2.05, 4.69) is 5.32 Å². The Morgan fingerprint density at radius 3 is 2.73 bits per heavy atom. The highest BCUT2D eigenvalue weighted by molar-refractivity contribution is 5.92. The molecule has 2 aliphatic heterocycles. The first-order chi connectivity index (χ1) is 12.8. The number of anilines is 1. The molecule has 3 unspecified atom stereocenters. The number of guanidine groups is 1. The zero-order valence-corrected chi connectivity index (χ0v) is 15.1. The van der Waals surface area contributed by atoms with Crippen molar-refractivity contribution in [2.24, 2.45) is 22.1 Å². The van der Waals surface area contributed by atoms with Gasteiger partial charge in [0.1, 0.15) is 0 Å². The summed E-state index contributed by atoms with van der Waals surface area (Å²) in [6.07, 6.45) is 7.43. The first kappa shape index (κ1) is 16.2. The zero-order chi connectivity index (χ0) is 17.6. The van der Waals surface area contributed by atoms with Gasteiger partial charge in [0.15, 0.2) is 17.5 Å². The van der Waals surface area contributed by atoms with Crippen molar-refractivity contribution in [3.63, 3.8) is 0 Å². The maximum atomic E-state index is 6.28. The molecule has 26 heavy (non-hydrogen) atoms. The van der Waals surface area contributed by atoms with Gasteiger partial charge in [-0.2, -0.15) is 0 Å². The maximum Gasteiger partial charge on any atom is 0.193 e. The van der Waals surface area contributed by atoms with E-state index in [0.29, 0.717) is 37.2 Å². The second kappa shape index (κ2) is 6.34. The Labute approximate surface area is 154 Å². The molecular weight excluding hydrogens is 330 g/mol. The van der Waals surface area contributed by atoms with E-state index in [0.717, 1.165) is 36.6 Å². The van der Waals surface area contributed by atoms with Gasteiger partial charge >= 0.3 is 0 Å². The average Bonchev–Trinajstić information content (AvgIpc) is 3.24. The van der Waals surface area contributed by atoms with E-state index in [1.165, 1.54) is 25.7 Å². The van der Waals surface area contributed by atoms with Crippen molar-refractivity contribution in [2.45, 2.75) is 50.7 Å². The van der Waals surface area contributed by atoms with Gasteiger partial charge in [0.25, 0.3) is 0 Å². The van der Waals surface area contributed by atoms with Crippen molar-refractivity contribution < 1.29 is 14.2 Å². The summed E-state index contributed by atoms with van der Waals surface area (Å²) in [5.41, 5.74) is 7.40. The first-order valence-corrected chi connectivity index (χ1v) is 9.88. The number of hydrogen-bond donors (Lipinski definition) is 2. The molecule has 2 saturated carbocycles. The number of fused-ring (bicyclic) bond motifs is 3. The third-order valence-electron chi connectivity index (χ3n) is 6.53. The van der Waals surface area contributed by atoms with Gasteiger partial charge in [0, 0.05) is 36.1 Å². The van der Waals surface area contributed by atoms with Crippen molar-refractivity contribution >= 4 is 11.6 Å². The molecule has 140 valence electrons. The Hall–Kier alpha value is -1.95. The number of nitrogens with two attached hydrogens (primary N) is 1. The molecule has 0 aromatic heterocycles. The molecule has 2 heterocycles. The lowest BCUT2D eigenvalue weighted by atomic mass is 9.54. The fourth-order valence-corrected chi connectivity index (χ4v) is 5.41. The molecule has 5 rings (SSSR count). The van der Waals surface area contributed by atoms with Crippen LogP contribution in [0.15, 0.2) is 23.2 Å². The van der Waals surface area contributed by atoms with Crippen molar-refractivity contribution in [3.05, 3.63) is 18.2 Å². The molecule has 0 radical (unpaired) electrons. The van der Waals surface area contributed by atoms with Crippen molar-refractivity contribution in [1.82, 2.24) is 0 Å². The minimum atomic E-state index is 0.234. The Bertz CT molecular complexity index is 714. The van der Waals surface area contributed by atoms with Crippen LogP contribution >= 0.6 is 0 Å². The monoisotopic (exact) mass is 357 g/mol. The van der Waals surface area contributed by atoms with E-state index < -0.39 is 0 Å². The van der Waals surface area contributed by atoms with Crippen LogP contribution in [0.25, 0.3) is 0 Å². The maximum absolute atomic E-state index is 6.28. The molecule has 3 fully saturated rings. The number of hydrogen-bond acceptors (Lipinski definition) is 4. The van der Waals surface area contributed by atoms with Crippen LogP contribution in [0.1, 0.15) is 38.5 Å². The summed E-state index contributed by atoms with van der Waals surface area (Å²) < 4.78 is 17.5. The Morgan fingerprint density at radius 1 is 1.08 bits per heavy atom. The fraction of sp³-hybridized carbons (Fsp3) is 0.650. The van der Waals surface area contributed by atoms with Gasteiger partial charge in [-0.3, -0.25) is 0 Å².